The Balaban J connectivity index is 1.27. The first-order valence-electron chi connectivity index (χ1n) is 24.5. The summed E-state index contributed by atoms with van der Waals surface area (Å²) in [4.78, 5) is 4.90. The van der Waals surface area contributed by atoms with Crippen LogP contribution in [-0.4, -0.2) is 102 Å². The first-order chi connectivity index (χ1) is 39.4. The largest absolute Gasteiger partial charge is 0.493 e. The molecule has 0 saturated heterocycles. The number of azo groups is 4. The summed E-state index contributed by atoms with van der Waals surface area (Å²) in [6.07, 6.45) is -0.0449. The molecule has 7 rings (SSSR count). The smallest absolute Gasteiger partial charge is 0.294 e. The van der Waals surface area contributed by atoms with Crippen molar-refractivity contribution < 1.29 is 61.7 Å². The van der Waals surface area contributed by atoms with Crippen molar-refractivity contribution in [2.45, 2.75) is 68.6 Å². The van der Waals surface area contributed by atoms with Crippen LogP contribution in [0.2, 0.25) is 5.02 Å². The third kappa shape index (κ3) is 16.7. The van der Waals surface area contributed by atoms with E-state index in [2.05, 4.69) is 45.9 Å². The summed E-state index contributed by atoms with van der Waals surface area (Å²) in [5.74, 6) is -1.80. The molecular formula is C51H49ClN12O14S6. The van der Waals surface area contributed by atoms with Gasteiger partial charge in [-0.3, -0.25) is 22.6 Å². The van der Waals surface area contributed by atoms with Crippen molar-refractivity contribution >= 4 is 138 Å². The molecule has 84 heavy (non-hydrogen) atoms. The van der Waals surface area contributed by atoms with Gasteiger partial charge >= 0.3 is 0 Å². The van der Waals surface area contributed by atoms with Gasteiger partial charge in [0.25, 0.3) is 40.5 Å². The monoisotopic (exact) mass is 1280 g/mol. The van der Waals surface area contributed by atoms with Crippen LogP contribution >= 0.6 is 35.1 Å². The van der Waals surface area contributed by atoms with E-state index in [4.69, 9.17) is 16.3 Å². The van der Waals surface area contributed by atoms with E-state index in [0.29, 0.717) is 48.6 Å². The SMILES string of the molecule is Cc1cc(N=Nc2cc(SCCCS(=O)(=O)O)c(N=Nc3cc(OCCCS(=O)(=O)O)c(N=Nc4c(C)c(C#N)c5nc6cc(S(=O)(=O)O)cc(C)c6n5c4O)cc3C)cc2C)c(SCCCS(=O)(=O)O)cc1N=Nc1ccc(Cl)cc1C#N. The molecule has 7 aromatic rings. The number of pyridine rings is 1. The van der Waals surface area contributed by atoms with Gasteiger partial charge in [-0.25, -0.2) is 4.98 Å². The van der Waals surface area contributed by atoms with E-state index >= 15 is 0 Å². The van der Waals surface area contributed by atoms with E-state index in [1.165, 1.54) is 66.0 Å². The number of thioether (sulfide) groups is 2. The number of nitrogens with zero attached hydrogens (tertiary/aromatic N) is 12. The van der Waals surface area contributed by atoms with E-state index in [1.807, 2.05) is 12.1 Å². The molecule has 0 aliphatic heterocycles. The number of nitriles is 2. The third-order valence-electron chi connectivity index (χ3n) is 12.1. The van der Waals surface area contributed by atoms with Crippen molar-refractivity contribution in [3.05, 3.63) is 111 Å². The summed E-state index contributed by atoms with van der Waals surface area (Å²) in [6, 6.07) is 20.5. The molecule has 0 atom stereocenters. The molecule has 0 aliphatic rings. The number of halogens is 1. The predicted molar refractivity (Wildman–Crippen MR) is 315 cm³/mol. The maximum absolute atomic E-state index is 12.0. The van der Waals surface area contributed by atoms with Crippen LogP contribution in [0.3, 0.4) is 0 Å². The molecule has 5 N–H and O–H groups in total. The molecule has 5 aromatic carbocycles. The van der Waals surface area contributed by atoms with Crippen LogP contribution in [0.4, 0.5) is 45.5 Å². The first-order valence-corrected chi connectivity index (χ1v) is 33.2. The van der Waals surface area contributed by atoms with Crippen molar-refractivity contribution in [2.24, 2.45) is 40.9 Å². The van der Waals surface area contributed by atoms with E-state index in [0.717, 1.165) is 6.07 Å². The van der Waals surface area contributed by atoms with Crippen LogP contribution in [0.1, 0.15) is 58.2 Å². The van der Waals surface area contributed by atoms with Crippen molar-refractivity contribution in [1.29, 1.82) is 10.5 Å². The molecule has 2 aromatic heterocycles. The highest BCUT2D eigenvalue weighted by Crippen LogP contribution is 2.44. The topological polar surface area (TPSA) is 411 Å². The van der Waals surface area contributed by atoms with Crippen molar-refractivity contribution in [3.63, 3.8) is 0 Å². The van der Waals surface area contributed by atoms with Crippen molar-refractivity contribution in [3.8, 4) is 23.8 Å². The molecule has 0 amide bonds. The van der Waals surface area contributed by atoms with Gasteiger partial charge in [-0.05, 0) is 148 Å². The van der Waals surface area contributed by atoms with Gasteiger partial charge in [0.15, 0.2) is 11.3 Å². The molecule has 2 heterocycles. The second kappa shape index (κ2) is 26.7. The quantitative estimate of drug-likeness (QED) is 0.0162. The highest BCUT2D eigenvalue weighted by molar-refractivity contribution is 7.99. The molecular weight excluding hydrogens is 1230 g/mol. The Morgan fingerprint density at radius 2 is 1.07 bits per heavy atom. The Morgan fingerprint density at radius 1 is 0.583 bits per heavy atom. The number of hydrogen-bond donors (Lipinski definition) is 5. The molecule has 0 aliphatic carbocycles. The maximum atomic E-state index is 12.0. The lowest BCUT2D eigenvalue weighted by Gasteiger charge is -2.12. The zero-order chi connectivity index (χ0) is 61.5. The summed E-state index contributed by atoms with van der Waals surface area (Å²) >= 11 is 8.46. The van der Waals surface area contributed by atoms with Crippen LogP contribution in [-0.2, 0) is 40.5 Å². The first kappa shape index (κ1) is 64.2. The number of imidazole rings is 1. The molecule has 0 bridgehead atoms. The standard InChI is InChI=1S/C51H49ClN12O14S6/c1-28-18-41(60-63-48-32(5)36(27-54)50-55-44-22-35(84(75,76)77)17-31(4)49(44)64(50)51(48)65)45(78-11-6-14-81(66,67)68)23-38(28)57-61-42-20-30(3)40(25-47(42)80-13-8-16-83(72,73)74)59-62-43-19-29(2)39(24-46(43)79-12-7-15-82(69,70)71)58-56-37-10-9-34(52)21-33(37)26-53/h9-10,17-25,65H,6-8,11-16H2,1-5H3,(H,66,67,68)(H,69,70,71)(H,72,73,74)(H,75,76,77). The number of rotatable bonds is 24. The fourth-order valence-corrected chi connectivity index (χ4v) is 12.5. The summed E-state index contributed by atoms with van der Waals surface area (Å²) in [5.41, 5.74) is 4.02. The van der Waals surface area contributed by atoms with Crippen molar-refractivity contribution in [2.75, 3.05) is 35.4 Å². The average Bonchev–Trinajstić information content (AvgIpc) is 1.70. The van der Waals surface area contributed by atoms with Gasteiger partial charge < -0.3 is 9.84 Å². The fourth-order valence-electron chi connectivity index (χ4n) is 7.98. The van der Waals surface area contributed by atoms with Crippen molar-refractivity contribution in [1.82, 2.24) is 9.38 Å². The average molecular weight is 1280 g/mol. The van der Waals surface area contributed by atoms with Gasteiger partial charge in [0.2, 0.25) is 5.88 Å². The number of hydrogen-bond acceptors (Lipinski definition) is 23. The highest BCUT2D eigenvalue weighted by atomic mass is 35.5. The Labute approximate surface area is 495 Å². The van der Waals surface area contributed by atoms with Gasteiger partial charge in [0, 0.05) is 26.4 Å². The van der Waals surface area contributed by atoms with Gasteiger partial charge in [-0.2, -0.15) is 59.5 Å². The number of aromatic hydroxyl groups is 1. The molecule has 33 heteroatoms. The Hall–Kier alpha value is -7.34. The second-order valence-corrected chi connectivity index (χ2v) is 27.3. The predicted octanol–water partition coefficient (Wildman–Crippen LogP) is 13.4. The van der Waals surface area contributed by atoms with Gasteiger partial charge in [0.05, 0.1) is 73.8 Å². The third-order valence-corrected chi connectivity index (χ3v) is 17.8. The lowest BCUT2D eigenvalue weighted by atomic mass is 10.1. The number of aromatic nitrogens is 2. The number of benzene rings is 5. The lowest BCUT2D eigenvalue weighted by Crippen LogP contribution is -2.08. The van der Waals surface area contributed by atoms with Gasteiger partial charge in [-0.1, -0.05) is 11.6 Å². The van der Waals surface area contributed by atoms with Gasteiger partial charge in [-0.15, -0.1) is 49.1 Å². The minimum atomic E-state index is -4.66. The molecule has 0 saturated carbocycles. The van der Waals surface area contributed by atoms with Gasteiger partial charge in [0.1, 0.15) is 34.8 Å². The lowest BCUT2D eigenvalue weighted by molar-refractivity contribution is 0.317. The van der Waals surface area contributed by atoms with E-state index in [1.54, 1.807) is 57.2 Å². The van der Waals surface area contributed by atoms with E-state index in [-0.39, 0.29) is 110 Å². The summed E-state index contributed by atoms with van der Waals surface area (Å²) in [6.45, 7) is 7.86. The second-order valence-electron chi connectivity index (χ2n) is 18.5. The summed E-state index contributed by atoms with van der Waals surface area (Å²) in [7, 11) is -17.6. The molecule has 0 spiro atoms. The maximum Gasteiger partial charge on any atom is 0.294 e. The van der Waals surface area contributed by atoms with Crippen LogP contribution < -0.4 is 4.74 Å². The number of aryl methyl sites for hydroxylation is 4. The zero-order valence-corrected chi connectivity index (χ0v) is 50.5. The Kier molecular flexibility index (Phi) is 20.4. The highest BCUT2D eigenvalue weighted by Gasteiger charge is 2.24. The minimum Gasteiger partial charge on any atom is -0.493 e. The van der Waals surface area contributed by atoms with Crippen LogP contribution in [0, 0.1) is 57.3 Å². The minimum absolute atomic E-state index is 0.0160. The summed E-state index contributed by atoms with van der Waals surface area (Å²) < 4.78 is 139. The van der Waals surface area contributed by atoms with E-state index < -0.39 is 68.5 Å². The molecule has 0 unspecified atom stereocenters. The fraction of sp³-hybridized carbons (Fsp3) is 0.275. The molecule has 0 fully saturated rings. The van der Waals surface area contributed by atoms with Crippen LogP contribution in [0.15, 0.2) is 122 Å². The zero-order valence-electron chi connectivity index (χ0n) is 44.8. The molecule has 0 radical (unpaired) electrons. The molecule has 440 valence electrons. The Morgan fingerprint density at radius 3 is 1.58 bits per heavy atom. The van der Waals surface area contributed by atoms with Crippen LogP contribution in [0.25, 0.3) is 16.7 Å². The normalized spacial score (nSPS) is 12.7. The summed E-state index contributed by atoms with van der Waals surface area (Å²) in [5, 5.41) is 67.5. The van der Waals surface area contributed by atoms with Crippen LogP contribution in [0.5, 0.6) is 11.6 Å². The number of ether oxygens (including phenoxy) is 1. The Bertz CT molecular complexity index is 4470. The van der Waals surface area contributed by atoms with E-state index in [9.17, 15) is 67.5 Å². The molecule has 26 nitrogen and oxygen atoms in total. The number of fused-ring (bicyclic) bond motifs is 3.